The van der Waals surface area contributed by atoms with Gasteiger partial charge < -0.3 is 38.2 Å². The number of anilines is 2. The number of benzene rings is 4. The molecule has 4 aromatic carbocycles. The number of imidazole rings is 4. The number of rotatable bonds is 20. The molecule has 5 fully saturated rings. The molecule has 8 aromatic heterocycles. The van der Waals surface area contributed by atoms with Gasteiger partial charge in [0.15, 0.2) is 9.84 Å². The summed E-state index contributed by atoms with van der Waals surface area (Å²) in [6, 6.07) is 40.2. The van der Waals surface area contributed by atoms with Crippen molar-refractivity contribution in [3.63, 3.8) is 0 Å². The van der Waals surface area contributed by atoms with Crippen molar-refractivity contribution in [3.8, 4) is 45.0 Å². The first-order chi connectivity index (χ1) is 61.1. The van der Waals surface area contributed by atoms with Crippen molar-refractivity contribution in [2.75, 3.05) is 159 Å². The van der Waals surface area contributed by atoms with Gasteiger partial charge in [0, 0.05) is 242 Å². The molecule has 0 unspecified atom stereocenters. The number of hydrogen-bond donors (Lipinski definition) is 3. The number of fused-ring (bicyclic) bond motifs is 4. The molecule has 678 valence electrons. The maximum Gasteiger partial charge on any atom is 0.248 e. The molecule has 5 saturated heterocycles. The summed E-state index contributed by atoms with van der Waals surface area (Å²) in [5.41, 5.74) is 14.2. The van der Waals surface area contributed by atoms with E-state index in [9.17, 15) is 44.4 Å². The Morgan fingerprint density at radius 1 is 0.422 bits per heavy atom. The van der Waals surface area contributed by atoms with Crippen molar-refractivity contribution in [2.45, 2.75) is 62.7 Å². The second-order valence-corrected chi connectivity index (χ2v) is 40.9. The molecule has 5 aliphatic heterocycles. The number of aromatic nitrogens is 8. The Kier molecular flexibility index (Phi) is 30.8. The molecule has 128 heavy (non-hydrogen) atoms. The number of piperazine rings is 4. The maximum absolute atomic E-state index is 13.0. The van der Waals surface area contributed by atoms with Crippen molar-refractivity contribution >= 4 is 169 Å². The number of sulfone groups is 1. The van der Waals surface area contributed by atoms with E-state index in [2.05, 4.69) is 58.0 Å². The van der Waals surface area contributed by atoms with Crippen LogP contribution in [0.5, 0.6) is 0 Å². The number of nitrogens with one attached hydrogen (secondary N) is 2. The van der Waals surface area contributed by atoms with E-state index in [0.717, 1.165) is 140 Å². The minimum Gasteiger partial charge on any atom is -0.387 e. The van der Waals surface area contributed by atoms with Crippen LogP contribution >= 0.6 is 81.4 Å². The van der Waals surface area contributed by atoms with E-state index in [4.69, 9.17) is 99.4 Å². The lowest BCUT2D eigenvalue weighted by molar-refractivity contribution is -0.140. The van der Waals surface area contributed by atoms with Gasteiger partial charge in [0.25, 0.3) is 0 Å². The van der Waals surface area contributed by atoms with E-state index >= 15 is 0 Å². The standard InChI is InChI=1S/C25H29Cl2N5O4S.C21H23Cl2N5O4S.C21H23ClN4O3S.C21H23ClN4OS/c1-37(34,35)29-19-3-5-23-28-24(20-4-2-18(26)14-21(20)27)22(32(23)15-19)16-30-8-10-31(11-9-30)25(33)17-6-12-36-13-7-17;1-33(31,32)25-15-3-5-19-24-21(16-4-2-14(22)10-17(16)23)18(28(19)11-15)12-26-6-8-27(9-7-26)20(30)13-29;1-15(27)25-11-9-24(10-12-25)14-19-21(16-3-5-17(22)6-4-16)23-20-8-7-18(13-26(19)20)30(2,28)29;1-15(27)25-11-9-24(10-12-25)14-19-21(16-3-5-17(22)6-4-16)23-20-8-7-18(28-2)13-26(19)20/h2-5,14-15,17,29H,6-13,16H2,1H3;2-5,10-11,25,29H,6-9,12-13H2,1H3;3-8,13H,9-12,14H2,1-2H3;3-8,13H,9-12,14H2,1-2H3. The fraction of sp³-hybridized carbons (Fsp3) is 0.364. The van der Waals surface area contributed by atoms with Crippen LogP contribution in [0.1, 0.15) is 49.5 Å². The average Bonchev–Trinajstić information content (AvgIpc) is 1.64. The van der Waals surface area contributed by atoms with E-state index in [1.807, 2.05) is 88.6 Å². The van der Waals surface area contributed by atoms with E-state index in [-0.39, 0.29) is 34.4 Å². The van der Waals surface area contributed by atoms with Crippen LogP contribution in [0.2, 0.25) is 30.1 Å². The van der Waals surface area contributed by atoms with Crippen molar-refractivity contribution < 1.29 is 54.3 Å². The van der Waals surface area contributed by atoms with Crippen LogP contribution in [-0.2, 0) is 80.0 Å². The van der Waals surface area contributed by atoms with E-state index < -0.39 is 36.5 Å². The van der Waals surface area contributed by atoms with Crippen LogP contribution < -0.4 is 9.44 Å². The second kappa shape index (κ2) is 41.5. The summed E-state index contributed by atoms with van der Waals surface area (Å²) < 4.78 is 89.5. The molecule has 0 saturated carbocycles. The van der Waals surface area contributed by atoms with Gasteiger partial charge in [0.2, 0.25) is 43.7 Å². The molecule has 0 bridgehead atoms. The smallest absolute Gasteiger partial charge is 0.248 e. The molecule has 17 rings (SSSR count). The van der Waals surface area contributed by atoms with Crippen LogP contribution in [0.3, 0.4) is 0 Å². The van der Waals surface area contributed by atoms with Gasteiger partial charge in [-0.15, -0.1) is 11.8 Å². The third kappa shape index (κ3) is 23.8. The molecule has 30 nitrogen and oxygen atoms in total. The molecule has 12 aromatic rings. The van der Waals surface area contributed by atoms with E-state index in [0.29, 0.717) is 156 Å². The number of hydrogen-bond acceptors (Lipinski definition) is 21. The molecule has 0 spiro atoms. The lowest BCUT2D eigenvalue weighted by Gasteiger charge is -2.37. The van der Waals surface area contributed by atoms with Gasteiger partial charge in [0.05, 0.1) is 84.4 Å². The van der Waals surface area contributed by atoms with Gasteiger partial charge in [0.1, 0.15) is 29.2 Å². The third-order valence-corrected chi connectivity index (χ3v) is 27.6. The minimum atomic E-state index is -3.45. The predicted octanol–water partition coefficient (Wildman–Crippen LogP) is 12.8. The first kappa shape index (κ1) is 94.9. The molecule has 0 aliphatic carbocycles. The zero-order valence-electron chi connectivity index (χ0n) is 71.3. The number of aliphatic hydroxyl groups is 1. The molecule has 0 atom stereocenters. The number of carbonyl (C=O) groups excluding carboxylic acids is 4. The van der Waals surface area contributed by atoms with Crippen LogP contribution in [-0.4, -0.2) is 280 Å². The van der Waals surface area contributed by atoms with Gasteiger partial charge in [-0.1, -0.05) is 93.9 Å². The lowest BCUT2D eigenvalue weighted by atomic mass is 9.98. The molecular formula is C88H98Cl6N18O12S4. The Morgan fingerprint density at radius 2 is 0.766 bits per heavy atom. The fourth-order valence-electron chi connectivity index (χ4n) is 16.2. The Bertz CT molecular complexity index is 6450. The zero-order valence-corrected chi connectivity index (χ0v) is 79.1. The Labute approximate surface area is 777 Å². The predicted molar refractivity (Wildman–Crippen MR) is 504 cm³/mol. The van der Waals surface area contributed by atoms with Crippen LogP contribution in [0.15, 0.2) is 168 Å². The normalized spacial score (nSPS) is 16.1. The van der Waals surface area contributed by atoms with Gasteiger partial charge in [-0.3, -0.25) is 57.0 Å². The Balaban J connectivity index is 0.000000139. The number of carbonyl (C=O) groups is 4. The summed E-state index contributed by atoms with van der Waals surface area (Å²) in [6.45, 7) is 17.6. The highest BCUT2D eigenvalue weighted by Crippen LogP contribution is 2.38. The molecule has 0 radical (unpaired) electrons. The monoisotopic (exact) mass is 1940 g/mol. The number of thioether (sulfide) groups is 1. The summed E-state index contributed by atoms with van der Waals surface area (Å²) >= 11 is 39.1. The number of amides is 4. The van der Waals surface area contributed by atoms with Crippen LogP contribution in [0.4, 0.5) is 11.4 Å². The molecule has 3 N–H and O–H groups in total. The molecule has 4 amide bonds. The third-order valence-electron chi connectivity index (χ3n) is 22.9. The maximum atomic E-state index is 13.0. The van der Waals surface area contributed by atoms with Gasteiger partial charge in [-0.2, -0.15) is 0 Å². The quantitative estimate of drug-likeness (QED) is 0.0597. The summed E-state index contributed by atoms with van der Waals surface area (Å²) in [5, 5.41) is 12.5. The minimum absolute atomic E-state index is 0.0542. The van der Waals surface area contributed by atoms with Gasteiger partial charge in [-0.05, 0) is 128 Å². The highest BCUT2D eigenvalue weighted by molar-refractivity contribution is 7.98. The number of pyridine rings is 4. The second-order valence-electron chi connectivity index (χ2n) is 32.0. The summed E-state index contributed by atoms with van der Waals surface area (Å²) in [6.07, 6.45) is 14.3. The van der Waals surface area contributed by atoms with Gasteiger partial charge in [-0.25, -0.2) is 45.2 Å². The molecule has 40 heteroatoms. The van der Waals surface area contributed by atoms with Crippen molar-refractivity contribution in [2.24, 2.45) is 5.92 Å². The topological polar surface area (TPSA) is 319 Å². The van der Waals surface area contributed by atoms with Crippen molar-refractivity contribution in [1.82, 2.24) is 76.7 Å². The fourth-order valence-corrected chi connectivity index (χ4v) is 19.5. The van der Waals surface area contributed by atoms with Crippen molar-refractivity contribution in [3.05, 3.63) is 211 Å². The molecule has 5 aliphatic rings. The summed E-state index contributed by atoms with van der Waals surface area (Å²) in [7, 11) is -10.2. The summed E-state index contributed by atoms with van der Waals surface area (Å²) in [5.74, 6) is 0.237. The van der Waals surface area contributed by atoms with Gasteiger partial charge >= 0.3 is 0 Å². The average molecular weight is 1940 g/mol. The Morgan fingerprint density at radius 3 is 1.13 bits per heavy atom. The first-order valence-corrected chi connectivity index (χ1v) is 50.6. The Hall–Kier alpha value is -9.18. The van der Waals surface area contributed by atoms with E-state index in [1.54, 1.807) is 110 Å². The zero-order chi connectivity index (χ0) is 91.0. The van der Waals surface area contributed by atoms with Crippen molar-refractivity contribution in [1.29, 1.82) is 0 Å². The van der Waals surface area contributed by atoms with Crippen LogP contribution in [0, 0.1) is 5.92 Å². The number of ether oxygens (including phenoxy) is 1. The number of aliphatic hydroxyl groups excluding tert-OH is 1. The lowest BCUT2D eigenvalue weighted by Crippen LogP contribution is -2.50. The summed E-state index contributed by atoms with van der Waals surface area (Å²) in [4.78, 5) is 85.2. The number of nitrogens with zero attached hydrogens (tertiary/aromatic N) is 16. The number of sulfonamides is 2. The number of halogens is 6. The van der Waals surface area contributed by atoms with E-state index in [1.165, 1.54) is 16.8 Å². The largest absolute Gasteiger partial charge is 0.387 e. The van der Waals surface area contributed by atoms with Crippen LogP contribution in [0.25, 0.3) is 67.6 Å². The molecular weight excluding hydrogens is 1840 g/mol. The molecule has 13 heterocycles. The first-order valence-electron chi connectivity index (χ1n) is 41.4. The SMILES string of the molecule is CC(=O)N1CCN(Cc2c(-c3ccc(Cl)cc3)nc3ccc(S(C)(=O)=O)cn23)CC1.CS(=O)(=O)Nc1ccc2nc(-c3ccc(Cl)cc3Cl)c(CN3CCN(C(=O)C4CCOCC4)CC3)n2c1.CS(=O)(=O)Nc1ccc2nc(-c3ccc(Cl)cc3Cl)c(CN3CCN(C(=O)CO)CC3)n2c1.CSc1ccc2nc(-c3ccc(Cl)cc3)c(CN3CCN(C(C)=O)CC3)n2c1. The highest BCUT2D eigenvalue weighted by Gasteiger charge is 2.33. The highest BCUT2D eigenvalue weighted by atomic mass is 35.5.